The number of rotatable bonds is 6. The SMILES string of the molecule is Cc1ccc(C)c(S(=O)(=O)C2(C(=O)NCC3(c4ccc(Cl)cc4)CCOCC3)CCCC2)c1. The molecule has 2 fully saturated rings. The number of amides is 1. The van der Waals surface area contributed by atoms with Crippen LogP contribution in [0.25, 0.3) is 0 Å². The van der Waals surface area contributed by atoms with Crippen LogP contribution in [0.5, 0.6) is 0 Å². The van der Waals surface area contributed by atoms with Crippen LogP contribution in [0.3, 0.4) is 0 Å². The van der Waals surface area contributed by atoms with E-state index in [0.29, 0.717) is 43.2 Å². The second kappa shape index (κ2) is 9.40. The van der Waals surface area contributed by atoms with Crippen molar-refractivity contribution in [2.24, 2.45) is 0 Å². The molecule has 1 N–H and O–H groups in total. The largest absolute Gasteiger partial charge is 0.381 e. The van der Waals surface area contributed by atoms with E-state index in [2.05, 4.69) is 5.32 Å². The molecule has 5 nitrogen and oxygen atoms in total. The van der Waals surface area contributed by atoms with Gasteiger partial charge in [0.15, 0.2) is 14.6 Å². The fourth-order valence-electron chi connectivity index (χ4n) is 5.31. The van der Waals surface area contributed by atoms with Crippen molar-refractivity contribution in [1.29, 1.82) is 0 Å². The Balaban J connectivity index is 1.64. The summed E-state index contributed by atoms with van der Waals surface area (Å²) in [6, 6.07) is 13.1. The molecule has 7 heteroatoms. The van der Waals surface area contributed by atoms with E-state index in [-0.39, 0.29) is 16.2 Å². The normalized spacial score (nSPS) is 19.8. The van der Waals surface area contributed by atoms with Gasteiger partial charge >= 0.3 is 0 Å². The zero-order valence-corrected chi connectivity index (χ0v) is 20.9. The van der Waals surface area contributed by atoms with Crippen molar-refractivity contribution in [3.63, 3.8) is 0 Å². The van der Waals surface area contributed by atoms with Crippen molar-refractivity contribution in [2.75, 3.05) is 19.8 Å². The van der Waals surface area contributed by atoms with Gasteiger partial charge in [-0.15, -0.1) is 0 Å². The quantitative estimate of drug-likeness (QED) is 0.625. The zero-order chi connectivity index (χ0) is 23.7. The predicted octanol–water partition coefficient (Wildman–Crippen LogP) is 4.91. The predicted molar refractivity (Wildman–Crippen MR) is 130 cm³/mol. The van der Waals surface area contributed by atoms with E-state index in [1.807, 2.05) is 43.3 Å². The molecule has 0 aromatic heterocycles. The van der Waals surface area contributed by atoms with Crippen molar-refractivity contribution < 1.29 is 17.9 Å². The lowest BCUT2D eigenvalue weighted by Crippen LogP contribution is -2.54. The van der Waals surface area contributed by atoms with Crippen LogP contribution in [-0.2, 0) is 24.8 Å². The average Bonchev–Trinajstić information content (AvgIpc) is 3.32. The highest BCUT2D eigenvalue weighted by molar-refractivity contribution is 7.93. The van der Waals surface area contributed by atoms with E-state index in [1.54, 1.807) is 13.0 Å². The van der Waals surface area contributed by atoms with Gasteiger partial charge in [-0.2, -0.15) is 0 Å². The maximum atomic E-state index is 13.9. The molecule has 2 aromatic rings. The Kier molecular flexibility index (Phi) is 6.90. The lowest BCUT2D eigenvalue weighted by Gasteiger charge is -2.39. The molecule has 4 rings (SSSR count). The van der Waals surface area contributed by atoms with Crippen LogP contribution in [0.4, 0.5) is 0 Å². The number of carbonyl (C=O) groups excluding carboxylic acids is 1. The number of aryl methyl sites for hydroxylation is 2. The standard InChI is InChI=1S/C26H32ClNO4S/c1-19-5-6-20(2)23(17-19)33(30,31)26(11-3-4-12-26)24(29)28-18-25(13-15-32-16-14-25)21-7-9-22(27)10-8-21/h5-10,17H,3-4,11-16,18H2,1-2H3,(H,28,29). The average molecular weight is 490 g/mol. The summed E-state index contributed by atoms with van der Waals surface area (Å²) in [5.41, 5.74) is 2.34. The Morgan fingerprint density at radius 2 is 1.64 bits per heavy atom. The van der Waals surface area contributed by atoms with Gasteiger partial charge < -0.3 is 10.1 Å². The minimum Gasteiger partial charge on any atom is -0.381 e. The third-order valence-corrected chi connectivity index (χ3v) is 10.4. The van der Waals surface area contributed by atoms with E-state index in [9.17, 15) is 13.2 Å². The molecule has 0 radical (unpaired) electrons. The van der Waals surface area contributed by atoms with Crippen LogP contribution in [0.2, 0.25) is 5.02 Å². The number of ether oxygens (including phenoxy) is 1. The minimum absolute atomic E-state index is 0.276. The van der Waals surface area contributed by atoms with Gasteiger partial charge in [-0.05, 0) is 74.4 Å². The van der Waals surface area contributed by atoms with Crippen LogP contribution in [0, 0.1) is 13.8 Å². The Hall–Kier alpha value is -1.89. The molecular formula is C26H32ClNO4S. The number of hydrogen-bond acceptors (Lipinski definition) is 4. The molecular weight excluding hydrogens is 458 g/mol. The van der Waals surface area contributed by atoms with E-state index in [0.717, 1.165) is 36.8 Å². The second-order valence-corrected chi connectivity index (χ2v) is 12.2. The lowest BCUT2D eigenvalue weighted by atomic mass is 9.74. The molecule has 1 saturated carbocycles. The maximum absolute atomic E-state index is 13.9. The highest BCUT2D eigenvalue weighted by Crippen LogP contribution is 2.42. The summed E-state index contributed by atoms with van der Waals surface area (Å²) in [7, 11) is -3.85. The molecule has 0 spiro atoms. The summed E-state index contributed by atoms with van der Waals surface area (Å²) in [5.74, 6) is -0.374. The summed E-state index contributed by atoms with van der Waals surface area (Å²) < 4.78 is 32.0. The van der Waals surface area contributed by atoms with Crippen LogP contribution in [0.15, 0.2) is 47.4 Å². The fraction of sp³-hybridized carbons (Fsp3) is 0.500. The molecule has 1 saturated heterocycles. The van der Waals surface area contributed by atoms with Gasteiger partial charge in [0, 0.05) is 30.2 Å². The summed E-state index contributed by atoms with van der Waals surface area (Å²) in [6.07, 6.45) is 3.68. The molecule has 1 aliphatic heterocycles. The molecule has 0 unspecified atom stereocenters. The van der Waals surface area contributed by atoms with Gasteiger partial charge in [0.25, 0.3) is 0 Å². The first-order valence-electron chi connectivity index (χ1n) is 11.6. The number of sulfone groups is 1. The molecule has 0 bridgehead atoms. The summed E-state index contributed by atoms with van der Waals surface area (Å²) in [6.45, 7) is 5.25. The fourth-order valence-corrected chi connectivity index (χ4v) is 7.84. The monoisotopic (exact) mass is 489 g/mol. The Morgan fingerprint density at radius 3 is 2.27 bits per heavy atom. The Bertz CT molecular complexity index is 1120. The molecule has 0 atom stereocenters. The van der Waals surface area contributed by atoms with E-state index in [1.165, 1.54) is 0 Å². The third kappa shape index (κ3) is 4.45. The minimum atomic E-state index is -3.85. The Labute approximate surface area is 201 Å². The van der Waals surface area contributed by atoms with Crippen LogP contribution < -0.4 is 5.32 Å². The number of nitrogens with one attached hydrogen (secondary N) is 1. The second-order valence-electron chi connectivity index (χ2n) is 9.56. The van der Waals surface area contributed by atoms with Crippen LogP contribution >= 0.6 is 11.6 Å². The number of halogens is 1. The molecule has 2 aliphatic rings. The van der Waals surface area contributed by atoms with E-state index < -0.39 is 14.6 Å². The number of hydrogen-bond donors (Lipinski definition) is 1. The van der Waals surface area contributed by atoms with E-state index >= 15 is 0 Å². The van der Waals surface area contributed by atoms with Gasteiger partial charge in [0.05, 0.1) is 4.90 Å². The highest BCUT2D eigenvalue weighted by atomic mass is 35.5. The van der Waals surface area contributed by atoms with Gasteiger partial charge in [0.2, 0.25) is 5.91 Å². The van der Waals surface area contributed by atoms with Crippen molar-refractivity contribution in [2.45, 2.75) is 67.4 Å². The third-order valence-electron chi connectivity index (χ3n) is 7.47. The maximum Gasteiger partial charge on any atom is 0.241 e. The molecule has 1 heterocycles. The lowest BCUT2D eigenvalue weighted by molar-refractivity contribution is -0.124. The first kappa shape index (κ1) is 24.2. The molecule has 1 aliphatic carbocycles. The zero-order valence-electron chi connectivity index (χ0n) is 19.3. The van der Waals surface area contributed by atoms with Gasteiger partial charge in [-0.25, -0.2) is 8.42 Å². The molecule has 33 heavy (non-hydrogen) atoms. The van der Waals surface area contributed by atoms with E-state index in [4.69, 9.17) is 16.3 Å². The molecule has 2 aromatic carbocycles. The summed E-state index contributed by atoms with van der Waals surface area (Å²) in [4.78, 5) is 14.0. The van der Waals surface area contributed by atoms with Crippen molar-refractivity contribution in [3.05, 3.63) is 64.2 Å². The Morgan fingerprint density at radius 1 is 1.00 bits per heavy atom. The van der Waals surface area contributed by atoms with Crippen LogP contribution in [-0.4, -0.2) is 38.8 Å². The number of benzene rings is 2. The smallest absolute Gasteiger partial charge is 0.241 e. The first-order valence-corrected chi connectivity index (χ1v) is 13.5. The van der Waals surface area contributed by atoms with Crippen molar-refractivity contribution >= 4 is 27.3 Å². The molecule has 178 valence electrons. The summed E-state index contributed by atoms with van der Waals surface area (Å²) in [5, 5.41) is 3.75. The number of carbonyl (C=O) groups is 1. The van der Waals surface area contributed by atoms with Crippen molar-refractivity contribution in [1.82, 2.24) is 5.32 Å². The highest BCUT2D eigenvalue weighted by Gasteiger charge is 2.53. The van der Waals surface area contributed by atoms with Gasteiger partial charge in [-0.1, -0.05) is 48.7 Å². The van der Waals surface area contributed by atoms with Crippen molar-refractivity contribution in [3.8, 4) is 0 Å². The summed E-state index contributed by atoms with van der Waals surface area (Å²) >= 11 is 6.10. The molecule has 1 amide bonds. The first-order chi connectivity index (χ1) is 15.7. The van der Waals surface area contributed by atoms with Gasteiger partial charge in [0.1, 0.15) is 0 Å². The van der Waals surface area contributed by atoms with Crippen LogP contribution in [0.1, 0.15) is 55.2 Å². The topological polar surface area (TPSA) is 72.5 Å². The van der Waals surface area contributed by atoms with Gasteiger partial charge in [-0.3, -0.25) is 4.79 Å².